The molecule has 0 fully saturated rings. The number of hydrogen-bond acceptors (Lipinski definition) is 4. The molecule has 7 nitrogen and oxygen atoms in total. The predicted molar refractivity (Wildman–Crippen MR) is 109 cm³/mol. The molecule has 0 saturated carbocycles. The Hall–Kier alpha value is -3.48. The molecule has 0 saturated heterocycles. The Morgan fingerprint density at radius 3 is 2.34 bits per heavy atom. The minimum atomic E-state index is -0.978. The van der Waals surface area contributed by atoms with Crippen molar-refractivity contribution >= 4 is 11.9 Å². The number of aromatic carboxylic acids is 1. The Morgan fingerprint density at radius 1 is 1.03 bits per heavy atom. The van der Waals surface area contributed by atoms with Crippen molar-refractivity contribution in [3.63, 3.8) is 0 Å². The van der Waals surface area contributed by atoms with Crippen LogP contribution < -0.4 is 5.69 Å². The molecule has 3 rings (SSSR count). The van der Waals surface area contributed by atoms with Crippen molar-refractivity contribution in [2.24, 2.45) is 0 Å². The summed E-state index contributed by atoms with van der Waals surface area (Å²) in [5.41, 5.74) is 2.09. The summed E-state index contributed by atoms with van der Waals surface area (Å²) in [6, 6.07) is 14.2. The van der Waals surface area contributed by atoms with Gasteiger partial charge in [-0.05, 0) is 29.2 Å². The second-order valence-electron chi connectivity index (χ2n) is 6.74. The summed E-state index contributed by atoms with van der Waals surface area (Å²) in [4.78, 5) is 36.1. The monoisotopic (exact) mass is 393 g/mol. The van der Waals surface area contributed by atoms with Crippen LogP contribution in [0.3, 0.4) is 0 Å². The summed E-state index contributed by atoms with van der Waals surface area (Å²) in [5, 5.41) is 13.6. The highest BCUT2D eigenvalue weighted by Crippen LogP contribution is 2.24. The lowest BCUT2D eigenvalue weighted by Gasteiger charge is -2.09. The van der Waals surface area contributed by atoms with Gasteiger partial charge in [-0.2, -0.15) is 0 Å². The van der Waals surface area contributed by atoms with Crippen LogP contribution in [0.25, 0.3) is 11.1 Å². The molecule has 0 spiro atoms. The second kappa shape index (κ2) is 8.68. The molecule has 0 unspecified atom stereocenters. The van der Waals surface area contributed by atoms with E-state index in [0.29, 0.717) is 24.4 Å². The third kappa shape index (κ3) is 4.18. The molecule has 0 aliphatic carbocycles. The first-order valence-corrected chi connectivity index (χ1v) is 9.59. The Morgan fingerprint density at radius 2 is 1.72 bits per heavy atom. The van der Waals surface area contributed by atoms with Crippen molar-refractivity contribution < 1.29 is 14.7 Å². The van der Waals surface area contributed by atoms with Crippen LogP contribution in [-0.4, -0.2) is 31.3 Å². The Balaban J connectivity index is 1.93. The Labute approximate surface area is 168 Å². The minimum Gasteiger partial charge on any atom is -0.478 e. The highest BCUT2D eigenvalue weighted by Gasteiger charge is 2.17. The van der Waals surface area contributed by atoms with E-state index in [-0.39, 0.29) is 17.9 Å². The first-order valence-electron chi connectivity index (χ1n) is 9.59. The van der Waals surface area contributed by atoms with Crippen molar-refractivity contribution in [1.82, 2.24) is 14.3 Å². The molecule has 3 aromatic rings. The molecule has 0 atom stereocenters. The minimum absolute atomic E-state index is 0.209. The van der Waals surface area contributed by atoms with Crippen LogP contribution in [0.4, 0.5) is 0 Å². The molecule has 7 heteroatoms. The van der Waals surface area contributed by atoms with Gasteiger partial charge in [0, 0.05) is 12.8 Å². The molecule has 29 heavy (non-hydrogen) atoms. The smallest absolute Gasteiger partial charge is 0.353 e. The van der Waals surface area contributed by atoms with Gasteiger partial charge in [-0.3, -0.25) is 9.36 Å². The van der Waals surface area contributed by atoms with E-state index in [2.05, 4.69) is 5.10 Å². The molecule has 0 aliphatic heterocycles. The molecule has 0 bridgehead atoms. The maximum atomic E-state index is 12.7. The van der Waals surface area contributed by atoms with Gasteiger partial charge in [-0.1, -0.05) is 56.3 Å². The standard InChI is InChI=1S/C22H23N3O4/c1-3-7-19-23-25(20(26)4-2)22(29)24(19)14-15-10-12-16(13-11-15)17-8-5-6-9-18(17)21(27)28/h5-6,8-13H,3-4,7,14H2,1-2H3,(H,27,28). The molecular formula is C22H23N3O4. The van der Waals surface area contributed by atoms with Gasteiger partial charge in [0.15, 0.2) is 0 Å². The van der Waals surface area contributed by atoms with Crippen molar-refractivity contribution in [2.45, 2.75) is 39.7 Å². The van der Waals surface area contributed by atoms with E-state index in [1.165, 1.54) is 4.57 Å². The highest BCUT2D eigenvalue weighted by atomic mass is 16.4. The lowest BCUT2D eigenvalue weighted by Crippen LogP contribution is -2.30. The zero-order chi connectivity index (χ0) is 21.0. The number of rotatable bonds is 7. The SMILES string of the molecule is CCCc1nn(C(=O)CC)c(=O)n1Cc1ccc(-c2ccccc2C(=O)O)cc1. The van der Waals surface area contributed by atoms with Crippen LogP contribution >= 0.6 is 0 Å². The molecule has 0 radical (unpaired) electrons. The number of carboxylic acids is 1. The van der Waals surface area contributed by atoms with E-state index in [4.69, 9.17) is 0 Å². The number of aryl methyl sites for hydroxylation is 1. The number of nitrogens with zero attached hydrogens (tertiary/aromatic N) is 3. The van der Waals surface area contributed by atoms with Gasteiger partial charge in [-0.15, -0.1) is 9.78 Å². The molecule has 1 aromatic heterocycles. The third-order valence-electron chi connectivity index (χ3n) is 4.71. The molecule has 0 amide bonds. The number of hydrogen-bond donors (Lipinski definition) is 1. The maximum absolute atomic E-state index is 12.7. The number of benzene rings is 2. The van der Waals surface area contributed by atoms with Crippen molar-refractivity contribution in [3.8, 4) is 11.1 Å². The summed E-state index contributed by atoms with van der Waals surface area (Å²) in [7, 11) is 0. The van der Waals surface area contributed by atoms with Crippen LogP contribution in [0.5, 0.6) is 0 Å². The number of carboxylic acid groups (broad SMARTS) is 1. The fraction of sp³-hybridized carbons (Fsp3) is 0.273. The van der Waals surface area contributed by atoms with Crippen LogP contribution in [0.1, 0.15) is 53.2 Å². The van der Waals surface area contributed by atoms with E-state index in [9.17, 15) is 19.5 Å². The topological polar surface area (TPSA) is 94.2 Å². The van der Waals surface area contributed by atoms with E-state index in [1.807, 2.05) is 31.2 Å². The molecule has 1 N–H and O–H groups in total. The molecule has 0 aliphatic rings. The quantitative estimate of drug-likeness (QED) is 0.663. The molecular weight excluding hydrogens is 370 g/mol. The first kappa shape index (κ1) is 20.3. The summed E-state index contributed by atoms with van der Waals surface area (Å²) in [6.07, 6.45) is 1.62. The molecule has 1 heterocycles. The Bertz CT molecular complexity index is 1090. The zero-order valence-corrected chi connectivity index (χ0v) is 16.5. The summed E-state index contributed by atoms with van der Waals surface area (Å²) in [5.74, 6) is -0.722. The van der Waals surface area contributed by atoms with Gasteiger partial charge >= 0.3 is 11.7 Å². The van der Waals surface area contributed by atoms with Crippen molar-refractivity contribution in [1.29, 1.82) is 0 Å². The summed E-state index contributed by atoms with van der Waals surface area (Å²) >= 11 is 0. The van der Waals surface area contributed by atoms with Crippen LogP contribution in [-0.2, 0) is 13.0 Å². The number of aromatic nitrogens is 3. The van der Waals surface area contributed by atoms with E-state index in [1.54, 1.807) is 31.2 Å². The largest absolute Gasteiger partial charge is 0.478 e. The summed E-state index contributed by atoms with van der Waals surface area (Å²) in [6.45, 7) is 3.98. The molecule has 150 valence electrons. The number of carbonyl (C=O) groups excluding carboxylic acids is 1. The van der Waals surface area contributed by atoms with Gasteiger partial charge in [-0.25, -0.2) is 9.59 Å². The maximum Gasteiger partial charge on any atom is 0.353 e. The third-order valence-corrected chi connectivity index (χ3v) is 4.71. The van der Waals surface area contributed by atoms with E-state index < -0.39 is 11.7 Å². The van der Waals surface area contributed by atoms with Gasteiger partial charge in [0.25, 0.3) is 5.91 Å². The lowest BCUT2D eigenvalue weighted by atomic mass is 9.99. The average Bonchev–Trinajstić information content (AvgIpc) is 3.04. The summed E-state index contributed by atoms with van der Waals surface area (Å²) < 4.78 is 2.47. The average molecular weight is 393 g/mol. The fourth-order valence-corrected chi connectivity index (χ4v) is 3.21. The van der Waals surface area contributed by atoms with Crippen molar-refractivity contribution in [2.75, 3.05) is 0 Å². The van der Waals surface area contributed by atoms with Crippen LogP contribution in [0.2, 0.25) is 0 Å². The van der Waals surface area contributed by atoms with E-state index in [0.717, 1.165) is 22.2 Å². The van der Waals surface area contributed by atoms with Crippen LogP contribution in [0.15, 0.2) is 53.3 Å². The zero-order valence-electron chi connectivity index (χ0n) is 16.5. The van der Waals surface area contributed by atoms with Gasteiger partial charge in [0.1, 0.15) is 5.82 Å². The first-order chi connectivity index (χ1) is 14.0. The predicted octanol–water partition coefficient (Wildman–Crippen LogP) is 3.46. The van der Waals surface area contributed by atoms with Gasteiger partial charge in [0.2, 0.25) is 0 Å². The van der Waals surface area contributed by atoms with E-state index >= 15 is 0 Å². The second-order valence-corrected chi connectivity index (χ2v) is 6.74. The van der Waals surface area contributed by atoms with Crippen molar-refractivity contribution in [3.05, 3.63) is 76.0 Å². The Kier molecular flexibility index (Phi) is 6.07. The fourth-order valence-electron chi connectivity index (χ4n) is 3.21. The van der Waals surface area contributed by atoms with Gasteiger partial charge < -0.3 is 5.11 Å². The van der Waals surface area contributed by atoms with Gasteiger partial charge in [0.05, 0.1) is 12.1 Å². The highest BCUT2D eigenvalue weighted by molar-refractivity contribution is 5.95. The number of carbonyl (C=O) groups is 2. The lowest BCUT2D eigenvalue weighted by molar-refractivity contribution is 0.0697. The van der Waals surface area contributed by atoms with Crippen LogP contribution in [0, 0.1) is 0 Å². The normalized spacial score (nSPS) is 10.8. The molecule has 2 aromatic carbocycles.